The first-order valence-electron chi connectivity index (χ1n) is 8.30. The van der Waals surface area contributed by atoms with Crippen molar-refractivity contribution in [2.75, 3.05) is 17.0 Å². The molecule has 2 aliphatic rings. The Hall–Kier alpha value is -3.22. The van der Waals surface area contributed by atoms with Crippen LogP contribution >= 0.6 is 0 Å². The maximum Gasteiger partial charge on any atom is 0.263 e. The minimum atomic E-state index is -0.825. The van der Waals surface area contributed by atoms with Crippen LogP contribution in [0.5, 0.6) is 5.75 Å². The van der Waals surface area contributed by atoms with Gasteiger partial charge in [-0.2, -0.15) is 5.11 Å². The number of nitrogens with zero attached hydrogens (tertiary/aromatic N) is 4. The van der Waals surface area contributed by atoms with Crippen LogP contribution < -0.4 is 14.6 Å². The number of rotatable bonds is 3. The van der Waals surface area contributed by atoms with E-state index >= 15 is 0 Å². The summed E-state index contributed by atoms with van der Waals surface area (Å²) >= 11 is 0. The van der Waals surface area contributed by atoms with Gasteiger partial charge in [0.2, 0.25) is 0 Å². The molecule has 2 atom stereocenters. The highest BCUT2D eigenvalue weighted by molar-refractivity contribution is 6.26. The van der Waals surface area contributed by atoms with E-state index in [4.69, 9.17) is 4.74 Å². The predicted molar refractivity (Wildman–Crippen MR) is 96.3 cm³/mol. The third kappa shape index (κ3) is 2.44. The minimum absolute atomic E-state index is 0.336. The van der Waals surface area contributed by atoms with Crippen LogP contribution in [0.3, 0.4) is 0 Å². The molecular weight excluding hydrogens is 332 g/mol. The average Bonchev–Trinajstić information content (AvgIpc) is 3.15. The number of anilines is 2. The fraction of sp³-hybridized carbons (Fsp3) is 0.263. The highest BCUT2D eigenvalue weighted by Gasteiger charge is 2.55. The number of aryl methyl sites for hydroxylation is 2. The zero-order valence-electron chi connectivity index (χ0n) is 14.7. The number of ether oxygens (including phenoxy) is 1. The number of imide groups is 1. The van der Waals surface area contributed by atoms with Gasteiger partial charge in [-0.3, -0.25) is 9.59 Å². The van der Waals surface area contributed by atoms with Crippen molar-refractivity contribution in [2.24, 2.45) is 10.3 Å². The third-order valence-electron chi connectivity index (χ3n) is 4.56. The van der Waals surface area contributed by atoms with Crippen molar-refractivity contribution in [2.45, 2.75) is 25.9 Å². The summed E-state index contributed by atoms with van der Waals surface area (Å²) in [5.74, 6) is -0.130. The molecule has 26 heavy (non-hydrogen) atoms. The van der Waals surface area contributed by atoms with E-state index in [2.05, 4.69) is 10.3 Å². The van der Waals surface area contributed by atoms with E-state index < -0.39 is 12.1 Å². The Morgan fingerprint density at radius 1 is 0.962 bits per heavy atom. The lowest BCUT2D eigenvalue weighted by Gasteiger charge is -2.21. The van der Waals surface area contributed by atoms with Crippen molar-refractivity contribution < 1.29 is 14.3 Å². The van der Waals surface area contributed by atoms with E-state index in [-0.39, 0.29) is 11.8 Å². The number of carbonyl (C=O) groups excluding carboxylic acids is 2. The minimum Gasteiger partial charge on any atom is -0.497 e. The molecule has 2 aromatic carbocycles. The molecule has 2 aliphatic heterocycles. The third-order valence-corrected chi connectivity index (χ3v) is 4.56. The predicted octanol–water partition coefficient (Wildman–Crippen LogP) is 2.81. The molecule has 4 rings (SSSR count). The van der Waals surface area contributed by atoms with Crippen LogP contribution in [-0.2, 0) is 9.59 Å². The molecule has 2 amide bonds. The normalized spacial score (nSPS) is 21.5. The molecule has 0 spiro atoms. The van der Waals surface area contributed by atoms with Crippen LogP contribution in [-0.4, -0.2) is 31.0 Å². The Bertz CT molecular complexity index is 920. The fourth-order valence-electron chi connectivity index (χ4n) is 3.46. The van der Waals surface area contributed by atoms with Crippen LogP contribution in [0.25, 0.3) is 0 Å². The fourth-order valence-corrected chi connectivity index (χ4v) is 3.46. The van der Waals surface area contributed by atoms with Gasteiger partial charge < -0.3 is 4.74 Å². The quantitative estimate of drug-likeness (QED) is 0.798. The summed E-state index contributed by atoms with van der Waals surface area (Å²) in [6, 6.07) is 11.2. The monoisotopic (exact) mass is 350 g/mol. The number of amides is 2. The van der Waals surface area contributed by atoms with Crippen molar-refractivity contribution >= 4 is 23.2 Å². The van der Waals surface area contributed by atoms with E-state index in [1.807, 2.05) is 32.0 Å². The standard InChI is InChI=1S/C19H18N4O3/c1-11-7-12(2)9-14(8-11)23-17-16(20-21-23)18(24)22(19(17)25)13-5-4-6-15(10-13)26-3/h4-10,16-17H,1-3H3. The molecule has 132 valence electrons. The topological polar surface area (TPSA) is 74.6 Å². The number of hydrogen-bond acceptors (Lipinski definition) is 6. The largest absolute Gasteiger partial charge is 0.497 e. The molecule has 1 saturated heterocycles. The number of hydrogen-bond donors (Lipinski definition) is 0. The maximum atomic E-state index is 13.1. The molecule has 1 fully saturated rings. The molecule has 0 saturated carbocycles. The molecule has 2 unspecified atom stereocenters. The van der Waals surface area contributed by atoms with E-state index in [1.54, 1.807) is 29.3 Å². The summed E-state index contributed by atoms with van der Waals surface area (Å²) in [7, 11) is 1.54. The van der Waals surface area contributed by atoms with E-state index in [1.165, 1.54) is 12.0 Å². The van der Waals surface area contributed by atoms with E-state index in [9.17, 15) is 9.59 Å². The van der Waals surface area contributed by atoms with Gasteiger partial charge in [0.05, 0.1) is 18.5 Å². The molecule has 7 heteroatoms. The first-order valence-corrected chi connectivity index (χ1v) is 8.30. The number of carbonyl (C=O) groups is 2. The first kappa shape index (κ1) is 16.3. The molecule has 0 bridgehead atoms. The van der Waals surface area contributed by atoms with Crippen molar-refractivity contribution in [3.05, 3.63) is 53.6 Å². The summed E-state index contributed by atoms with van der Waals surface area (Å²) in [5, 5.41) is 9.72. The summed E-state index contributed by atoms with van der Waals surface area (Å²) in [6.07, 6.45) is 0. The SMILES string of the molecule is COc1cccc(N2C(=O)C3N=NN(c4cc(C)cc(C)c4)C3C2=O)c1. The molecule has 2 heterocycles. The molecule has 0 aromatic heterocycles. The first-order chi connectivity index (χ1) is 12.5. The van der Waals surface area contributed by atoms with Gasteiger partial charge in [-0.15, -0.1) is 0 Å². The van der Waals surface area contributed by atoms with Gasteiger partial charge in [-0.05, 0) is 49.2 Å². The highest BCUT2D eigenvalue weighted by Crippen LogP contribution is 2.36. The molecule has 2 aromatic rings. The molecule has 0 aliphatic carbocycles. The van der Waals surface area contributed by atoms with Crippen LogP contribution in [0.4, 0.5) is 11.4 Å². The summed E-state index contributed by atoms with van der Waals surface area (Å²) in [4.78, 5) is 27.0. The molecule has 0 radical (unpaired) electrons. The Labute approximate surface area is 150 Å². The van der Waals surface area contributed by atoms with Crippen molar-refractivity contribution in [1.29, 1.82) is 0 Å². The van der Waals surface area contributed by atoms with Crippen LogP contribution in [0, 0.1) is 13.8 Å². The van der Waals surface area contributed by atoms with Crippen LogP contribution in [0.1, 0.15) is 11.1 Å². The van der Waals surface area contributed by atoms with Gasteiger partial charge in [-0.25, -0.2) is 9.91 Å². The van der Waals surface area contributed by atoms with E-state index in [0.29, 0.717) is 11.4 Å². The zero-order valence-corrected chi connectivity index (χ0v) is 14.7. The van der Waals surface area contributed by atoms with Gasteiger partial charge in [0, 0.05) is 6.07 Å². The van der Waals surface area contributed by atoms with Gasteiger partial charge in [0.15, 0.2) is 12.1 Å². The lowest BCUT2D eigenvalue weighted by atomic mass is 10.1. The van der Waals surface area contributed by atoms with Crippen molar-refractivity contribution in [3.8, 4) is 5.75 Å². The number of fused-ring (bicyclic) bond motifs is 1. The smallest absolute Gasteiger partial charge is 0.263 e. The average molecular weight is 350 g/mol. The van der Waals surface area contributed by atoms with Gasteiger partial charge in [0.25, 0.3) is 11.8 Å². The summed E-state index contributed by atoms with van der Waals surface area (Å²) in [5.41, 5.74) is 3.34. The second-order valence-corrected chi connectivity index (χ2v) is 6.50. The number of benzene rings is 2. The molecular formula is C19H18N4O3. The van der Waals surface area contributed by atoms with Gasteiger partial charge in [-0.1, -0.05) is 17.4 Å². The lowest BCUT2D eigenvalue weighted by Crippen LogP contribution is -2.40. The molecule has 7 nitrogen and oxygen atoms in total. The Morgan fingerprint density at radius 2 is 1.69 bits per heavy atom. The Morgan fingerprint density at radius 3 is 2.38 bits per heavy atom. The maximum absolute atomic E-state index is 13.1. The Kier molecular flexibility index (Phi) is 3.72. The van der Waals surface area contributed by atoms with Crippen LogP contribution in [0.2, 0.25) is 0 Å². The second-order valence-electron chi connectivity index (χ2n) is 6.50. The number of methoxy groups -OCH3 is 1. The van der Waals surface area contributed by atoms with Gasteiger partial charge >= 0.3 is 0 Å². The van der Waals surface area contributed by atoms with Crippen molar-refractivity contribution in [1.82, 2.24) is 0 Å². The Balaban J connectivity index is 1.71. The summed E-state index contributed by atoms with van der Waals surface area (Å²) in [6.45, 7) is 3.96. The highest BCUT2D eigenvalue weighted by atomic mass is 16.5. The van der Waals surface area contributed by atoms with Crippen LogP contribution in [0.15, 0.2) is 52.8 Å². The second kappa shape index (κ2) is 5.94. The summed E-state index contributed by atoms with van der Waals surface area (Å²) < 4.78 is 5.19. The van der Waals surface area contributed by atoms with Crippen molar-refractivity contribution in [3.63, 3.8) is 0 Å². The van der Waals surface area contributed by atoms with Gasteiger partial charge in [0.1, 0.15) is 5.75 Å². The lowest BCUT2D eigenvalue weighted by molar-refractivity contribution is -0.121. The van der Waals surface area contributed by atoms with E-state index in [0.717, 1.165) is 16.8 Å². The molecule has 0 N–H and O–H groups in total. The zero-order chi connectivity index (χ0) is 18.4.